The molecule has 0 bridgehead atoms. The second kappa shape index (κ2) is 5.16. The van der Waals surface area contributed by atoms with Gasteiger partial charge in [-0.25, -0.2) is 0 Å². The number of nitrogens with one attached hydrogen (secondary N) is 2. The third-order valence-electron chi connectivity index (χ3n) is 2.52. The van der Waals surface area contributed by atoms with Crippen LogP contribution in [0.4, 0.5) is 5.69 Å². The van der Waals surface area contributed by atoms with Gasteiger partial charge in [-0.3, -0.25) is 9.59 Å². The van der Waals surface area contributed by atoms with Gasteiger partial charge in [-0.1, -0.05) is 11.6 Å². The van der Waals surface area contributed by atoms with Crippen LogP contribution in [0.2, 0.25) is 5.02 Å². The van der Waals surface area contributed by atoms with E-state index >= 15 is 0 Å². The zero-order valence-corrected chi connectivity index (χ0v) is 10.8. The average Bonchev–Trinajstić information content (AvgIpc) is 2.83. The number of carbonyl (C=O) groups excluding carboxylic acids is 2. The van der Waals surface area contributed by atoms with E-state index in [4.69, 9.17) is 11.6 Å². The summed E-state index contributed by atoms with van der Waals surface area (Å²) in [6.07, 6.45) is 0. The number of hydrogen-bond acceptors (Lipinski definition) is 3. The summed E-state index contributed by atoms with van der Waals surface area (Å²) in [5.74, 6) is -0.717. The van der Waals surface area contributed by atoms with Crippen LogP contribution < -0.4 is 5.32 Å². The fraction of sp³-hybridized carbons (Fsp3) is 0.0769. The van der Waals surface area contributed by atoms with Gasteiger partial charge in [-0.05, 0) is 30.3 Å². The van der Waals surface area contributed by atoms with Gasteiger partial charge < -0.3 is 15.4 Å². The lowest BCUT2D eigenvalue weighted by atomic mass is 10.3. The number of Topliss-reactive ketones (excluding diaryl/α,β-unsaturated/α-hetero) is 1. The number of anilines is 1. The van der Waals surface area contributed by atoms with Crippen molar-refractivity contribution in [2.45, 2.75) is 6.92 Å². The smallest absolute Gasteiger partial charge is 0.272 e. The third-order valence-corrected chi connectivity index (χ3v) is 2.75. The number of benzene rings is 1. The number of phenols is 1. The van der Waals surface area contributed by atoms with Gasteiger partial charge in [-0.2, -0.15) is 0 Å². The highest BCUT2D eigenvalue weighted by molar-refractivity contribution is 6.31. The van der Waals surface area contributed by atoms with Crippen molar-refractivity contribution in [1.82, 2.24) is 4.98 Å². The molecule has 98 valence electrons. The molecule has 0 saturated heterocycles. The van der Waals surface area contributed by atoms with Crippen LogP contribution in [0.5, 0.6) is 5.75 Å². The van der Waals surface area contributed by atoms with Crippen molar-refractivity contribution < 1.29 is 14.7 Å². The molecule has 0 atom stereocenters. The van der Waals surface area contributed by atoms with Crippen LogP contribution in [-0.2, 0) is 0 Å². The van der Waals surface area contributed by atoms with Crippen molar-refractivity contribution in [2.24, 2.45) is 0 Å². The van der Waals surface area contributed by atoms with Crippen molar-refractivity contribution in [3.63, 3.8) is 0 Å². The zero-order chi connectivity index (χ0) is 14.0. The quantitative estimate of drug-likeness (QED) is 0.596. The van der Waals surface area contributed by atoms with Crippen molar-refractivity contribution in [3.05, 3.63) is 46.7 Å². The Kier molecular flexibility index (Phi) is 3.57. The normalized spacial score (nSPS) is 10.2. The lowest BCUT2D eigenvalue weighted by Gasteiger charge is -2.06. The summed E-state index contributed by atoms with van der Waals surface area (Å²) in [5, 5.41) is 12.5. The minimum absolute atomic E-state index is 0.0869. The number of aromatic nitrogens is 1. The van der Waals surface area contributed by atoms with Crippen molar-refractivity contribution in [3.8, 4) is 5.75 Å². The lowest BCUT2D eigenvalue weighted by Crippen LogP contribution is -2.12. The van der Waals surface area contributed by atoms with E-state index in [2.05, 4.69) is 10.3 Å². The Morgan fingerprint density at radius 1 is 1.21 bits per heavy atom. The van der Waals surface area contributed by atoms with Crippen LogP contribution in [-0.4, -0.2) is 21.8 Å². The first-order valence-corrected chi connectivity index (χ1v) is 5.85. The summed E-state index contributed by atoms with van der Waals surface area (Å²) in [5.41, 5.74) is 0.779. The molecule has 19 heavy (non-hydrogen) atoms. The Balaban J connectivity index is 2.20. The minimum Gasteiger partial charge on any atom is -0.506 e. The molecule has 0 aliphatic heterocycles. The molecule has 0 aliphatic rings. The Morgan fingerprint density at radius 2 is 1.89 bits per heavy atom. The zero-order valence-electron chi connectivity index (χ0n) is 10.0. The largest absolute Gasteiger partial charge is 0.506 e. The SMILES string of the molecule is CC(=O)c1ccc(C(=O)Nc2cc(Cl)ccc2O)[nH]1. The molecule has 0 spiro atoms. The number of hydrogen-bond donors (Lipinski definition) is 3. The van der Waals surface area contributed by atoms with Gasteiger partial charge in [0.05, 0.1) is 11.4 Å². The number of H-pyrrole nitrogens is 1. The molecular formula is C13H11ClN2O3. The number of phenolic OH excluding ortho intramolecular Hbond substituents is 1. The molecule has 2 rings (SSSR count). The maximum Gasteiger partial charge on any atom is 0.272 e. The fourth-order valence-electron chi connectivity index (χ4n) is 1.53. The number of amides is 1. The number of rotatable bonds is 3. The predicted molar refractivity (Wildman–Crippen MR) is 71.9 cm³/mol. The standard InChI is InChI=1S/C13H11ClN2O3/c1-7(17)9-3-4-10(15-9)13(19)16-11-6-8(14)2-5-12(11)18/h2-6,15,18H,1H3,(H,16,19). The maximum absolute atomic E-state index is 11.9. The topological polar surface area (TPSA) is 82.2 Å². The average molecular weight is 279 g/mol. The molecule has 0 aliphatic carbocycles. The summed E-state index contributed by atoms with van der Waals surface area (Å²) in [7, 11) is 0. The molecule has 0 unspecified atom stereocenters. The molecule has 0 saturated carbocycles. The molecule has 1 heterocycles. The van der Waals surface area contributed by atoms with Crippen molar-refractivity contribution >= 4 is 29.0 Å². The first-order valence-electron chi connectivity index (χ1n) is 5.47. The van der Waals surface area contributed by atoms with Crippen LogP contribution in [0, 0.1) is 0 Å². The minimum atomic E-state index is -0.468. The van der Waals surface area contributed by atoms with Crippen molar-refractivity contribution in [1.29, 1.82) is 0 Å². The van der Waals surface area contributed by atoms with Crippen LogP contribution in [0.15, 0.2) is 30.3 Å². The third kappa shape index (κ3) is 2.95. The molecule has 5 nitrogen and oxygen atoms in total. The lowest BCUT2D eigenvalue weighted by molar-refractivity contribution is 0.101. The summed E-state index contributed by atoms with van der Waals surface area (Å²) in [6.45, 7) is 1.40. The van der Waals surface area contributed by atoms with Gasteiger partial charge in [0.2, 0.25) is 0 Å². The molecule has 0 radical (unpaired) electrons. The monoisotopic (exact) mass is 278 g/mol. The van der Waals surface area contributed by atoms with E-state index in [0.717, 1.165) is 0 Å². The molecular weight excluding hydrogens is 268 g/mol. The van der Waals surface area contributed by atoms with E-state index in [0.29, 0.717) is 10.7 Å². The Bertz CT molecular complexity index is 649. The highest BCUT2D eigenvalue weighted by Gasteiger charge is 2.12. The number of halogens is 1. The first kappa shape index (κ1) is 13.2. The highest BCUT2D eigenvalue weighted by atomic mass is 35.5. The molecule has 3 N–H and O–H groups in total. The molecule has 1 aromatic heterocycles. The van der Waals surface area contributed by atoms with Gasteiger partial charge in [0.15, 0.2) is 5.78 Å². The highest BCUT2D eigenvalue weighted by Crippen LogP contribution is 2.26. The predicted octanol–water partition coefficient (Wildman–Crippen LogP) is 2.83. The number of carbonyl (C=O) groups is 2. The molecule has 6 heteroatoms. The van der Waals surface area contributed by atoms with E-state index in [9.17, 15) is 14.7 Å². The first-order chi connectivity index (χ1) is 8.97. The van der Waals surface area contributed by atoms with Gasteiger partial charge in [-0.15, -0.1) is 0 Å². The Morgan fingerprint density at radius 3 is 2.53 bits per heavy atom. The van der Waals surface area contributed by atoms with E-state index in [-0.39, 0.29) is 22.9 Å². The number of aromatic hydroxyl groups is 1. The van der Waals surface area contributed by atoms with E-state index in [1.807, 2.05) is 0 Å². The van der Waals surface area contributed by atoms with Crippen LogP contribution in [0.25, 0.3) is 0 Å². The van der Waals surface area contributed by atoms with E-state index in [1.54, 1.807) is 0 Å². The Labute approximate surface area is 114 Å². The fourth-order valence-corrected chi connectivity index (χ4v) is 1.70. The van der Waals surface area contributed by atoms with Gasteiger partial charge in [0, 0.05) is 11.9 Å². The summed E-state index contributed by atoms with van der Waals surface area (Å²) in [4.78, 5) is 25.7. The van der Waals surface area contributed by atoms with Crippen LogP contribution >= 0.6 is 11.6 Å². The van der Waals surface area contributed by atoms with E-state index < -0.39 is 5.91 Å². The van der Waals surface area contributed by atoms with Gasteiger partial charge in [0.25, 0.3) is 5.91 Å². The molecule has 1 aromatic carbocycles. The van der Waals surface area contributed by atoms with Gasteiger partial charge >= 0.3 is 0 Å². The second-order valence-corrected chi connectivity index (χ2v) is 4.39. The number of ketones is 1. The second-order valence-electron chi connectivity index (χ2n) is 3.96. The molecule has 2 aromatic rings. The maximum atomic E-state index is 11.9. The summed E-state index contributed by atoms with van der Waals surface area (Å²) in [6, 6.07) is 7.34. The Hall–Kier alpha value is -2.27. The number of aromatic amines is 1. The summed E-state index contributed by atoms with van der Waals surface area (Å²) >= 11 is 5.78. The summed E-state index contributed by atoms with van der Waals surface area (Å²) < 4.78 is 0. The van der Waals surface area contributed by atoms with Gasteiger partial charge in [0.1, 0.15) is 11.4 Å². The van der Waals surface area contributed by atoms with Crippen LogP contribution in [0.3, 0.4) is 0 Å². The molecule has 1 amide bonds. The van der Waals surface area contributed by atoms with Crippen LogP contribution in [0.1, 0.15) is 27.9 Å². The van der Waals surface area contributed by atoms with E-state index in [1.165, 1.54) is 37.3 Å². The molecule has 0 fully saturated rings. The van der Waals surface area contributed by atoms with Crippen molar-refractivity contribution in [2.75, 3.05) is 5.32 Å².